The topological polar surface area (TPSA) is 92.8 Å². The lowest BCUT2D eigenvalue weighted by Crippen LogP contribution is -2.31. The largest absolute Gasteiger partial charge is 0.452 e. The van der Waals surface area contributed by atoms with Crippen molar-refractivity contribution in [3.63, 3.8) is 0 Å². The standard InChI is InChI=1S/C25H26N2O5S/c28-24(26-23-11-7-9-19-8-3-4-10-22(19)23)18-32-25(29)20-12-14-21(15-13-20)33(30,31)27-16-5-1-2-6-17-27/h3-4,7-15H,1-2,5-6,16-18H2,(H,26,28). The number of carbonyl (C=O) groups is 2. The van der Waals surface area contributed by atoms with Crippen LogP contribution < -0.4 is 5.32 Å². The molecule has 0 bridgehead atoms. The van der Waals surface area contributed by atoms with E-state index in [1.807, 2.05) is 36.4 Å². The lowest BCUT2D eigenvalue weighted by atomic mass is 10.1. The van der Waals surface area contributed by atoms with Gasteiger partial charge in [0.05, 0.1) is 10.5 Å². The van der Waals surface area contributed by atoms with Crippen LogP contribution in [0.3, 0.4) is 0 Å². The van der Waals surface area contributed by atoms with Crippen LogP contribution in [0.15, 0.2) is 71.6 Å². The van der Waals surface area contributed by atoms with Crippen molar-refractivity contribution in [3.8, 4) is 0 Å². The summed E-state index contributed by atoms with van der Waals surface area (Å²) in [5, 5.41) is 4.64. The fourth-order valence-electron chi connectivity index (χ4n) is 3.93. The summed E-state index contributed by atoms with van der Waals surface area (Å²) in [6.07, 6.45) is 3.77. The molecule has 0 saturated carbocycles. The second-order valence-corrected chi connectivity index (χ2v) is 9.93. The molecule has 1 saturated heterocycles. The van der Waals surface area contributed by atoms with Crippen LogP contribution in [-0.4, -0.2) is 44.3 Å². The van der Waals surface area contributed by atoms with Gasteiger partial charge in [-0.05, 0) is 48.6 Å². The number of hydrogen-bond donors (Lipinski definition) is 1. The molecule has 1 fully saturated rings. The first-order valence-corrected chi connectivity index (χ1v) is 12.4. The van der Waals surface area contributed by atoms with Gasteiger partial charge in [-0.2, -0.15) is 4.31 Å². The SMILES string of the molecule is O=C(COC(=O)c1ccc(S(=O)(=O)N2CCCCCC2)cc1)Nc1cccc2ccccc12. The number of ether oxygens (including phenoxy) is 1. The Balaban J connectivity index is 1.36. The van der Waals surface area contributed by atoms with Crippen LogP contribution in [0.4, 0.5) is 5.69 Å². The second kappa shape index (κ2) is 10.1. The number of nitrogens with zero attached hydrogens (tertiary/aromatic N) is 1. The molecule has 7 nitrogen and oxygen atoms in total. The highest BCUT2D eigenvalue weighted by atomic mass is 32.2. The van der Waals surface area contributed by atoms with Gasteiger partial charge in [-0.3, -0.25) is 4.79 Å². The van der Waals surface area contributed by atoms with Crippen LogP contribution in [0, 0.1) is 0 Å². The molecule has 0 atom stereocenters. The molecule has 1 N–H and O–H groups in total. The molecule has 4 rings (SSSR count). The zero-order chi connectivity index (χ0) is 23.3. The van der Waals surface area contributed by atoms with E-state index in [1.54, 1.807) is 6.07 Å². The fourth-order valence-corrected chi connectivity index (χ4v) is 5.45. The predicted octanol–water partition coefficient (Wildman–Crippen LogP) is 4.20. The van der Waals surface area contributed by atoms with Crippen LogP contribution in [0.2, 0.25) is 0 Å². The Kier molecular flexibility index (Phi) is 7.05. The van der Waals surface area contributed by atoms with Crippen molar-refractivity contribution in [3.05, 3.63) is 72.3 Å². The quantitative estimate of drug-likeness (QED) is 0.550. The number of rotatable bonds is 6. The Bertz CT molecular complexity index is 1240. The number of esters is 1. The van der Waals surface area contributed by atoms with Gasteiger partial charge in [0, 0.05) is 24.2 Å². The van der Waals surface area contributed by atoms with E-state index < -0.39 is 28.5 Å². The van der Waals surface area contributed by atoms with E-state index in [0.717, 1.165) is 36.5 Å². The number of nitrogens with one attached hydrogen (secondary N) is 1. The fraction of sp³-hybridized carbons (Fsp3) is 0.280. The lowest BCUT2D eigenvalue weighted by molar-refractivity contribution is -0.119. The summed E-state index contributed by atoms with van der Waals surface area (Å²) < 4.78 is 32.3. The van der Waals surface area contributed by atoms with E-state index in [2.05, 4.69) is 5.32 Å². The van der Waals surface area contributed by atoms with Gasteiger partial charge in [0.1, 0.15) is 0 Å². The van der Waals surface area contributed by atoms with Gasteiger partial charge in [0.15, 0.2) is 6.61 Å². The zero-order valence-electron chi connectivity index (χ0n) is 18.2. The minimum Gasteiger partial charge on any atom is -0.452 e. The normalized spacial score (nSPS) is 15.0. The van der Waals surface area contributed by atoms with E-state index in [1.165, 1.54) is 28.6 Å². The summed E-state index contributed by atoms with van der Waals surface area (Å²) >= 11 is 0. The number of hydrogen-bond acceptors (Lipinski definition) is 5. The Labute approximate surface area is 193 Å². The molecule has 172 valence electrons. The number of amides is 1. The maximum Gasteiger partial charge on any atom is 0.338 e. The second-order valence-electron chi connectivity index (χ2n) is 7.99. The average molecular weight is 467 g/mol. The maximum absolute atomic E-state index is 12.9. The third kappa shape index (κ3) is 5.40. The Morgan fingerprint density at radius 3 is 2.24 bits per heavy atom. The van der Waals surface area contributed by atoms with E-state index in [0.29, 0.717) is 18.8 Å². The van der Waals surface area contributed by atoms with E-state index in [9.17, 15) is 18.0 Å². The van der Waals surface area contributed by atoms with Crippen LogP contribution in [0.5, 0.6) is 0 Å². The highest BCUT2D eigenvalue weighted by Crippen LogP contribution is 2.23. The minimum absolute atomic E-state index is 0.148. The molecule has 0 spiro atoms. The van der Waals surface area contributed by atoms with Crippen molar-refractivity contribution < 1.29 is 22.7 Å². The van der Waals surface area contributed by atoms with Crippen LogP contribution in [0.1, 0.15) is 36.0 Å². The minimum atomic E-state index is -3.59. The van der Waals surface area contributed by atoms with Gasteiger partial charge in [-0.15, -0.1) is 0 Å². The molecule has 1 amide bonds. The van der Waals surface area contributed by atoms with E-state index in [4.69, 9.17) is 4.74 Å². The summed E-state index contributed by atoms with van der Waals surface area (Å²) in [6, 6.07) is 18.9. The summed E-state index contributed by atoms with van der Waals surface area (Å²) in [7, 11) is -3.59. The monoisotopic (exact) mass is 466 g/mol. The highest BCUT2D eigenvalue weighted by Gasteiger charge is 2.25. The van der Waals surface area contributed by atoms with Crippen molar-refractivity contribution in [1.82, 2.24) is 4.31 Å². The zero-order valence-corrected chi connectivity index (χ0v) is 19.0. The summed E-state index contributed by atoms with van der Waals surface area (Å²) in [6.45, 7) is 0.575. The highest BCUT2D eigenvalue weighted by molar-refractivity contribution is 7.89. The van der Waals surface area contributed by atoms with Gasteiger partial charge >= 0.3 is 5.97 Å². The van der Waals surface area contributed by atoms with Gasteiger partial charge in [0.25, 0.3) is 5.91 Å². The van der Waals surface area contributed by atoms with E-state index >= 15 is 0 Å². The van der Waals surface area contributed by atoms with Crippen molar-refractivity contribution in [2.75, 3.05) is 25.0 Å². The molecule has 0 radical (unpaired) electrons. The summed E-state index contributed by atoms with van der Waals surface area (Å²) in [5.74, 6) is -1.15. The Morgan fingerprint density at radius 1 is 0.848 bits per heavy atom. The predicted molar refractivity (Wildman–Crippen MR) is 127 cm³/mol. The van der Waals surface area contributed by atoms with Crippen molar-refractivity contribution in [2.24, 2.45) is 0 Å². The summed E-state index contributed by atoms with van der Waals surface area (Å²) in [5.41, 5.74) is 0.819. The van der Waals surface area contributed by atoms with Crippen molar-refractivity contribution >= 4 is 38.4 Å². The summed E-state index contributed by atoms with van der Waals surface area (Å²) in [4.78, 5) is 24.8. The molecule has 3 aromatic rings. The Hall–Kier alpha value is -3.23. The molecule has 3 aromatic carbocycles. The lowest BCUT2D eigenvalue weighted by Gasteiger charge is -2.20. The molecule has 1 aliphatic heterocycles. The number of carbonyl (C=O) groups excluding carboxylic acids is 2. The van der Waals surface area contributed by atoms with Crippen LogP contribution in [-0.2, 0) is 19.6 Å². The van der Waals surface area contributed by atoms with Gasteiger partial charge < -0.3 is 10.1 Å². The third-order valence-electron chi connectivity index (χ3n) is 5.69. The first-order valence-electron chi connectivity index (χ1n) is 11.0. The molecule has 1 aliphatic rings. The Morgan fingerprint density at radius 2 is 1.52 bits per heavy atom. The molecular weight excluding hydrogens is 440 g/mol. The smallest absolute Gasteiger partial charge is 0.338 e. The third-order valence-corrected chi connectivity index (χ3v) is 7.60. The first kappa shape index (κ1) is 22.9. The van der Waals surface area contributed by atoms with Crippen molar-refractivity contribution in [2.45, 2.75) is 30.6 Å². The molecule has 1 heterocycles. The molecule has 0 unspecified atom stereocenters. The van der Waals surface area contributed by atoms with Crippen molar-refractivity contribution in [1.29, 1.82) is 0 Å². The average Bonchev–Trinajstić information content (AvgIpc) is 3.13. The van der Waals surface area contributed by atoms with Gasteiger partial charge in [-0.25, -0.2) is 13.2 Å². The van der Waals surface area contributed by atoms with E-state index in [-0.39, 0.29) is 10.5 Å². The first-order chi connectivity index (χ1) is 15.9. The maximum atomic E-state index is 12.9. The number of anilines is 1. The number of sulfonamides is 1. The number of benzene rings is 3. The molecule has 0 aromatic heterocycles. The molecule has 0 aliphatic carbocycles. The molecule has 8 heteroatoms. The number of fused-ring (bicyclic) bond motifs is 1. The van der Waals surface area contributed by atoms with Gasteiger partial charge in [-0.1, -0.05) is 49.2 Å². The van der Waals surface area contributed by atoms with Crippen LogP contribution >= 0.6 is 0 Å². The van der Waals surface area contributed by atoms with Crippen LogP contribution in [0.25, 0.3) is 10.8 Å². The molecular formula is C25H26N2O5S. The van der Waals surface area contributed by atoms with Gasteiger partial charge in [0.2, 0.25) is 10.0 Å². The molecule has 33 heavy (non-hydrogen) atoms.